The Kier molecular flexibility index (Phi) is 17.0. The Morgan fingerprint density at radius 2 is 1.27 bits per heavy atom. The Morgan fingerprint density at radius 1 is 0.818 bits per heavy atom. The average molecular weight is 313 g/mol. The number of hydrogen-bond acceptors (Lipinski definition) is 3. The molecule has 0 aliphatic heterocycles. The van der Waals surface area contributed by atoms with Gasteiger partial charge in [0.15, 0.2) is 0 Å². The molecule has 0 unspecified atom stereocenters. The van der Waals surface area contributed by atoms with Crippen LogP contribution in [-0.4, -0.2) is 76.1 Å². The van der Waals surface area contributed by atoms with Crippen LogP contribution in [0.2, 0.25) is 0 Å². The molecule has 0 aromatic heterocycles. The minimum Gasteiger partial charge on any atom is -0.308 e. The van der Waals surface area contributed by atoms with Crippen LogP contribution in [0.5, 0.6) is 0 Å². The molecule has 0 spiro atoms. The standard InChI is InChI=1S/C9H23N3.C9H9.Na/c1-10(2)6-8-12(5)9-7-11(3)4;1-2-6-9-7-4-3-5-8-9;/h6-9H2,1-5H3;2-8H,1H2;/q;-1;+1/b;6-2+;. The van der Waals surface area contributed by atoms with Crippen LogP contribution < -0.4 is 29.6 Å². The second-order valence-corrected chi connectivity index (χ2v) is 5.72. The quantitative estimate of drug-likeness (QED) is 0.500. The zero-order valence-electron chi connectivity index (χ0n) is 15.4. The van der Waals surface area contributed by atoms with Crippen LogP contribution in [0.25, 0.3) is 6.08 Å². The summed E-state index contributed by atoms with van der Waals surface area (Å²) in [7, 11) is 10.6. The van der Waals surface area contributed by atoms with Crippen LogP contribution in [0.15, 0.2) is 36.4 Å². The molecule has 0 fully saturated rings. The summed E-state index contributed by atoms with van der Waals surface area (Å²) >= 11 is 0. The van der Waals surface area contributed by atoms with Gasteiger partial charge in [0, 0.05) is 26.2 Å². The maximum atomic E-state index is 3.60. The van der Waals surface area contributed by atoms with Gasteiger partial charge >= 0.3 is 29.6 Å². The number of likely N-dealkylation sites (N-methyl/N-ethyl adjacent to an activating group) is 3. The third-order valence-corrected chi connectivity index (χ3v) is 2.97. The molecule has 0 saturated heterocycles. The topological polar surface area (TPSA) is 9.72 Å². The molecule has 3 nitrogen and oxygen atoms in total. The van der Waals surface area contributed by atoms with E-state index >= 15 is 0 Å². The van der Waals surface area contributed by atoms with Crippen LogP contribution in [0.4, 0.5) is 0 Å². The predicted octanol–water partition coefficient (Wildman–Crippen LogP) is -0.421. The first-order valence-electron chi connectivity index (χ1n) is 7.44. The molecule has 0 aliphatic carbocycles. The van der Waals surface area contributed by atoms with Crippen LogP contribution in [0, 0.1) is 6.92 Å². The smallest absolute Gasteiger partial charge is 0.308 e. The second-order valence-electron chi connectivity index (χ2n) is 5.72. The fraction of sp³-hybridized carbons (Fsp3) is 0.500. The Hall–Kier alpha value is -0.290. The maximum absolute atomic E-state index is 3.60. The Bertz CT molecular complexity index is 352. The molecule has 1 aromatic carbocycles. The van der Waals surface area contributed by atoms with Gasteiger partial charge in [-0.1, -0.05) is 30.3 Å². The summed E-state index contributed by atoms with van der Waals surface area (Å²) < 4.78 is 0. The molecule has 4 heteroatoms. The molecule has 0 heterocycles. The van der Waals surface area contributed by atoms with Crippen molar-refractivity contribution in [3.63, 3.8) is 0 Å². The molecule has 0 amide bonds. The van der Waals surface area contributed by atoms with Crippen molar-refractivity contribution in [2.24, 2.45) is 0 Å². The van der Waals surface area contributed by atoms with Crippen molar-refractivity contribution in [1.82, 2.24) is 14.7 Å². The van der Waals surface area contributed by atoms with Crippen molar-refractivity contribution in [1.29, 1.82) is 0 Å². The molecule has 0 atom stereocenters. The third kappa shape index (κ3) is 16.1. The zero-order valence-corrected chi connectivity index (χ0v) is 17.4. The number of hydrogen-bond donors (Lipinski definition) is 0. The van der Waals surface area contributed by atoms with Crippen LogP contribution >= 0.6 is 0 Å². The van der Waals surface area contributed by atoms with Crippen molar-refractivity contribution in [2.75, 3.05) is 61.4 Å². The van der Waals surface area contributed by atoms with E-state index in [2.05, 4.69) is 56.9 Å². The summed E-state index contributed by atoms with van der Waals surface area (Å²) in [5.74, 6) is 0. The number of allylic oxidation sites excluding steroid dienone is 1. The SMILES string of the molecule is CN(C)CCN(C)CCN(C)C.[CH2-]/C=C/c1ccccc1.[Na+]. The number of rotatable bonds is 7. The van der Waals surface area contributed by atoms with Crippen molar-refractivity contribution < 1.29 is 29.6 Å². The molecule has 0 radical (unpaired) electrons. The van der Waals surface area contributed by atoms with E-state index in [0.29, 0.717) is 0 Å². The summed E-state index contributed by atoms with van der Waals surface area (Å²) in [6, 6.07) is 10.1. The van der Waals surface area contributed by atoms with E-state index in [-0.39, 0.29) is 29.6 Å². The minimum absolute atomic E-state index is 0. The third-order valence-electron chi connectivity index (χ3n) is 2.97. The first kappa shape index (κ1) is 24.0. The zero-order chi connectivity index (χ0) is 16.1. The first-order chi connectivity index (χ1) is 9.95. The number of nitrogens with zero attached hydrogens (tertiary/aromatic N) is 3. The van der Waals surface area contributed by atoms with Gasteiger partial charge in [0.05, 0.1) is 0 Å². The molecule has 0 bridgehead atoms. The van der Waals surface area contributed by atoms with Gasteiger partial charge in [-0.25, -0.2) is 19.1 Å². The monoisotopic (exact) mass is 313 g/mol. The van der Waals surface area contributed by atoms with E-state index in [1.165, 1.54) is 5.56 Å². The van der Waals surface area contributed by atoms with E-state index < -0.39 is 0 Å². The maximum Gasteiger partial charge on any atom is 1.00 e. The van der Waals surface area contributed by atoms with Gasteiger partial charge in [-0.05, 0) is 35.2 Å². The van der Waals surface area contributed by atoms with E-state index in [0.717, 1.165) is 26.2 Å². The van der Waals surface area contributed by atoms with Gasteiger partial charge in [-0.3, -0.25) is 0 Å². The fourth-order valence-electron chi connectivity index (χ4n) is 1.55. The minimum atomic E-state index is 0. The molecule has 120 valence electrons. The van der Waals surface area contributed by atoms with E-state index in [4.69, 9.17) is 0 Å². The second kappa shape index (κ2) is 15.6. The van der Waals surface area contributed by atoms with Crippen molar-refractivity contribution >= 4 is 6.08 Å². The molecule has 0 N–H and O–H groups in total. The summed E-state index contributed by atoms with van der Waals surface area (Å²) in [4.78, 5) is 6.79. The molecule has 0 aliphatic rings. The van der Waals surface area contributed by atoms with Gasteiger partial charge < -0.3 is 14.7 Å². The van der Waals surface area contributed by atoms with E-state index in [1.807, 2.05) is 36.4 Å². The first-order valence-corrected chi connectivity index (χ1v) is 7.44. The van der Waals surface area contributed by atoms with Crippen molar-refractivity contribution in [2.45, 2.75) is 0 Å². The summed E-state index contributed by atoms with van der Waals surface area (Å²) in [6.45, 7) is 8.19. The molecule has 1 aromatic rings. The largest absolute Gasteiger partial charge is 1.00 e. The van der Waals surface area contributed by atoms with Crippen molar-refractivity contribution in [3.8, 4) is 0 Å². The molecule has 22 heavy (non-hydrogen) atoms. The van der Waals surface area contributed by atoms with Crippen molar-refractivity contribution in [3.05, 3.63) is 48.9 Å². The molecule has 1 rings (SSSR count). The van der Waals surface area contributed by atoms with Gasteiger partial charge in [-0.2, -0.15) is 0 Å². The fourth-order valence-corrected chi connectivity index (χ4v) is 1.55. The Morgan fingerprint density at radius 3 is 1.64 bits per heavy atom. The molecular weight excluding hydrogens is 281 g/mol. The van der Waals surface area contributed by atoms with Crippen LogP contribution in [0.1, 0.15) is 5.56 Å². The van der Waals surface area contributed by atoms with Gasteiger partial charge in [0.25, 0.3) is 0 Å². The summed E-state index contributed by atoms with van der Waals surface area (Å²) in [5, 5.41) is 0. The molecule has 0 saturated carbocycles. The number of benzene rings is 1. The normalized spacial score (nSPS) is 10.7. The van der Waals surface area contributed by atoms with Gasteiger partial charge in [0.1, 0.15) is 0 Å². The Balaban J connectivity index is 0. The summed E-state index contributed by atoms with van der Waals surface area (Å²) in [5.41, 5.74) is 1.20. The summed E-state index contributed by atoms with van der Waals surface area (Å²) in [6.07, 6.45) is 3.76. The van der Waals surface area contributed by atoms with E-state index in [9.17, 15) is 0 Å². The van der Waals surface area contributed by atoms with Gasteiger partial charge in [0.2, 0.25) is 0 Å². The molecular formula is C18H32N3Na. The van der Waals surface area contributed by atoms with Gasteiger partial charge in [-0.15, -0.1) is 5.56 Å². The average Bonchev–Trinajstić information content (AvgIpc) is 2.45. The van der Waals surface area contributed by atoms with Crippen LogP contribution in [0.3, 0.4) is 0 Å². The predicted molar refractivity (Wildman–Crippen MR) is 95.4 cm³/mol. The Labute approximate surface area is 160 Å². The van der Waals surface area contributed by atoms with Crippen LogP contribution in [-0.2, 0) is 0 Å². The van der Waals surface area contributed by atoms with E-state index in [1.54, 1.807) is 6.08 Å².